The van der Waals surface area contributed by atoms with Gasteiger partial charge in [-0.25, -0.2) is 0 Å². The molecule has 3 N–H and O–H groups in total. The number of ketones is 1. The molecule has 0 aliphatic heterocycles. The van der Waals surface area contributed by atoms with Crippen molar-refractivity contribution in [3.63, 3.8) is 0 Å². The molecule has 3 aliphatic rings. The number of benzene rings is 1. The number of phenols is 1. The van der Waals surface area contributed by atoms with Crippen molar-refractivity contribution in [2.24, 2.45) is 17.6 Å². The molecule has 2 saturated carbocycles. The monoisotopic (exact) mass is 347 g/mol. The zero-order valence-electron chi connectivity index (χ0n) is 15.4. The number of phenolic OH excluding ortho intramolecular Hbond substituents is 1. The van der Waals surface area contributed by atoms with Gasteiger partial charge in [0.2, 0.25) is 0 Å². The summed E-state index contributed by atoms with van der Waals surface area (Å²) in [5.74, 6) is 1.96. The summed E-state index contributed by atoms with van der Waals surface area (Å²) in [6.45, 7) is 0. The normalized spacial score (nSPS) is 32.8. The van der Waals surface area contributed by atoms with Crippen LogP contribution in [0.4, 0.5) is 0 Å². The van der Waals surface area contributed by atoms with Gasteiger partial charge in [0.25, 0.3) is 0 Å². The van der Waals surface area contributed by atoms with E-state index in [-0.39, 0.29) is 23.1 Å². The molecule has 138 valence electrons. The van der Waals surface area contributed by atoms with Crippen molar-refractivity contribution in [3.8, 4) is 11.5 Å². The van der Waals surface area contributed by atoms with Crippen LogP contribution in [0.1, 0.15) is 43.2 Å². The summed E-state index contributed by atoms with van der Waals surface area (Å²) < 4.78 is 10.8. The molecular formula is C20H29NO4. The molecule has 0 saturated heterocycles. The Balaban J connectivity index is 0.000000880. The third kappa shape index (κ3) is 2.64. The van der Waals surface area contributed by atoms with Gasteiger partial charge in [-0.15, -0.1) is 0 Å². The summed E-state index contributed by atoms with van der Waals surface area (Å²) in [4.78, 5) is 12.6. The lowest BCUT2D eigenvalue weighted by Crippen LogP contribution is -2.55. The van der Waals surface area contributed by atoms with Crippen molar-refractivity contribution >= 4 is 5.78 Å². The minimum absolute atomic E-state index is 0.180. The van der Waals surface area contributed by atoms with Crippen LogP contribution in [0, 0.1) is 11.8 Å². The summed E-state index contributed by atoms with van der Waals surface area (Å²) in [6, 6.07) is 3.93. The minimum atomic E-state index is -0.275. The molecule has 0 spiro atoms. The lowest BCUT2D eigenvalue weighted by molar-refractivity contribution is -0.140. The molecule has 5 heteroatoms. The topological polar surface area (TPSA) is 81.8 Å². The number of ether oxygens (including phenoxy) is 2. The zero-order valence-corrected chi connectivity index (χ0v) is 15.4. The molecule has 4 atom stereocenters. The average molecular weight is 347 g/mol. The van der Waals surface area contributed by atoms with E-state index >= 15 is 0 Å². The van der Waals surface area contributed by atoms with E-state index in [1.165, 1.54) is 19.0 Å². The minimum Gasteiger partial charge on any atom is -0.504 e. The Kier molecular flexibility index (Phi) is 5.07. The number of carbonyl (C=O) groups is 1. The summed E-state index contributed by atoms with van der Waals surface area (Å²) in [5, 5.41) is 10.8. The van der Waals surface area contributed by atoms with Gasteiger partial charge in [0, 0.05) is 24.5 Å². The van der Waals surface area contributed by atoms with Gasteiger partial charge in [-0.3, -0.25) is 4.79 Å². The van der Waals surface area contributed by atoms with Gasteiger partial charge >= 0.3 is 0 Å². The first-order valence-corrected chi connectivity index (χ1v) is 9.13. The van der Waals surface area contributed by atoms with Gasteiger partial charge in [-0.1, -0.05) is 12.5 Å². The van der Waals surface area contributed by atoms with E-state index < -0.39 is 0 Å². The van der Waals surface area contributed by atoms with E-state index in [1.54, 1.807) is 14.2 Å². The molecule has 1 aromatic carbocycles. The largest absolute Gasteiger partial charge is 0.504 e. The SMILES string of the molecule is CN.COc1ccc2c(c1O)[C@@]13CCCC(C2)C1CC(OC)C(=O)C3. The highest BCUT2D eigenvalue weighted by Crippen LogP contribution is 2.61. The Hall–Kier alpha value is -1.59. The third-order valence-corrected chi connectivity index (χ3v) is 6.51. The van der Waals surface area contributed by atoms with E-state index in [0.717, 1.165) is 31.2 Å². The molecule has 0 amide bonds. The fraction of sp³-hybridized carbons (Fsp3) is 0.650. The number of rotatable bonds is 2. The Bertz CT molecular complexity index is 659. The van der Waals surface area contributed by atoms with Gasteiger partial charge in [0.05, 0.1) is 7.11 Å². The van der Waals surface area contributed by atoms with Crippen LogP contribution in [0.25, 0.3) is 0 Å². The molecular weight excluding hydrogens is 318 g/mol. The van der Waals surface area contributed by atoms with E-state index in [0.29, 0.717) is 24.0 Å². The molecule has 0 aromatic heterocycles. The first-order chi connectivity index (χ1) is 12.1. The number of hydrogen-bond donors (Lipinski definition) is 2. The molecule has 4 rings (SSSR count). The van der Waals surface area contributed by atoms with Crippen LogP contribution in [-0.4, -0.2) is 38.3 Å². The molecule has 0 heterocycles. The molecule has 2 fully saturated rings. The Morgan fingerprint density at radius 3 is 2.72 bits per heavy atom. The van der Waals surface area contributed by atoms with Crippen LogP contribution >= 0.6 is 0 Å². The Morgan fingerprint density at radius 1 is 1.28 bits per heavy atom. The quantitative estimate of drug-likeness (QED) is 0.859. The summed E-state index contributed by atoms with van der Waals surface area (Å²) >= 11 is 0. The van der Waals surface area contributed by atoms with Crippen molar-refractivity contribution in [1.82, 2.24) is 0 Å². The van der Waals surface area contributed by atoms with Crippen LogP contribution < -0.4 is 10.5 Å². The van der Waals surface area contributed by atoms with E-state index in [4.69, 9.17) is 9.47 Å². The van der Waals surface area contributed by atoms with Crippen molar-refractivity contribution in [1.29, 1.82) is 0 Å². The number of methoxy groups -OCH3 is 2. The van der Waals surface area contributed by atoms with Gasteiger partial charge in [0.15, 0.2) is 17.3 Å². The van der Waals surface area contributed by atoms with Crippen molar-refractivity contribution in [2.45, 2.75) is 50.0 Å². The summed E-state index contributed by atoms with van der Waals surface area (Å²) in [5.41, 5.74) is 6.47. The second-order valence-electron chi connectivity index (χ2n) is 7.37. The van der Waals surface area contributed by atoms with Gasteiger partial charge < -0.3 is 20.3 Å². The molecule has 0 radical (unpaired) electrons. The highest BCUT2D eigenvalue weighted by Gasteiger charge is 2.56. The van der Waals surface area contributed by atoms with Gasteiger partial charge in [-0.05, 0) is 56.2 Å². The van der Waals surface area contributed by atoms with Crippen LogP contribution in [-0.2, 0) is 21.4 Å². The molecule has 2 bridgehead atoms. The number of carbonyl (C=O) groups excluding carboxylic acids is 1. The number of aromatic hydroxyl groups is 1. The molecule has 3 unspecified atom stereocenters. The van der Waals surface area contributed by atoms with Gasteiger partial charge in [-0.2, -0.15) is 0 Å². The lowest BCUT2D eigenvalue weighted by atomic mass is 9.48. The first-order valence-electron chi connectivity index (χ1n) is 9.13. The highest BCUT2D eigenvalue weighted by molar-refractivity contribution is 5.86. The maximum absolute atomic E-state index is 12.6. The predicted molar refractivity (Wildman–Crippen MR) is 96.0 cm³/mol. The second-order valence-corrected chi connectivity index (χ2v) is 7.37. The average Bonchev–Trinajstić information content (AvgIpc) is 2.62. The van der Waals surface area contributed by atoms with E-state index in [1.807, 2.05) is 6.07 Å². The van der Waals surface area contributed by atoms with Crippen molar-refractivity contribution < 1.29 is 19.4 Å². The smallest absolute Gasteiger partial charge is 0.162 e. The lowest BCUT2D eigenvalue weighted by Gasteiger charge is -2.56. The van der Waals surface area contributed by atoms with Crippen LogP contribution in [0.3, 0.4) is 0 Å². The highest BCUT2D eigenvalue weighted by atomic mass is 16.5. The summed E-state index contributed by atoms with van der Waals surface area (Å²) in [6.07, 6.45) is 5.30. The van der Waals surface area contributed by atoms with E-state index in [9.17, 15) is 9.90 Å². The number of fused-ring (bicyclic) bond motifs is 1. The standard InChI is InChI=1S/C19H24O4.CH5N/c1-22-15-6-5-12-8-11-4-3-7-19(17(12)18(15)21)10-14(20)16(23-2)9-13(11)19;1-2/h5-6,11,13,16,21H,3-4,7-10H2,1-2H3;2H2,1H3/t11?,13?,16?,19-;/m1./s1. The zero-order chi connectivity index (χ0) is 18.2. The Morgan fingerprint density at radius 2 is 2.04 bits per heavy atom. The molecule has 25 heavy (non-hydrogen) atoms. The van der Waals surface area contributed by atoms with Crippen molar-refractivity contribution in [3.05, 3.63) is 23.3 Å². The van der Waals surface area contributed by atoms with E-state index in [2.05, 4.69) is 11.8 Å². The van der Waals surface area contributed by atoms with Gasteiger partial charge in [0.1, 0.15) is 6.10 Å². The predicted octanol–water partition coefficient (Wildman–Crippen LogP) is 2.56. The van der Waals surface area contributed by atoms with Crippen LogP contribution in [0.5, 0.6) is 11.5 Å². The fourth-order valence-electron chi connectivity index (χ4n) is 5.60. The Labute approximate surface area is 149 Å². The molecule has 5 nitrogen and oxygen atoms in total. The number of Topliss-reactive ketones (excluding diaryl/α,β-unsaturated/α-hetero) is 1. The first kappa shape index (κ1) is 18.2. The third-order valence-electron chi connectivity index (χ3n) is 6.51. The van der Waals surface area contributed by atoms with Crippen LogP contribution in [0.2, 0.25) is 0 Å². The van der Waals surface area contributed by atoms with Crippen molar-refractivity contribution in [2.75, 3.05) is 21.3 Å². The maximum Gasteiger partial charge on any atom is 0.162 e. The molecule has 3 aliphatic carbocycles. The fourth-order valence-corrected chi connectivity index (χ4v) is 5.60. The van der Waals surface area contributed by atoms with Crippen LogP contribution in [0.15, 0.2) is 12.1 Å². The second kappa shape index (κ2) is 6.96. The maximum atomic E-state index is 12.6. The number of nitrogens with two attached hydrogens (primary N) is 1. The number of hydrogen-bond acceptors (Lipinski definition) is 5. The molecule has 1 aromatic rings. The summed E-state index contributed by atoms with van der Waals surface area (Å²) in [7, 11) is 4.71.